The van der Waals surface area contributed by atoms with E-state index in [0.29, 0.717) is 24.9 Å². The second kappa shape index (κ2) is 5.59. The standard InChI is InChI=1S/C10H15N3O4S/c1-18(14,15)17-8-9-2-3-11-10(12-9)13-4-6-16-7-5-13/h2-3H,4-8H2,1H3. The van der Waals surface area contributed by atoms with Crippen LogP contribution in [0.1, 0.15) is 5.69 Å². The van der Waals surface area contributed by atoms with Crippen LogP contribution in [0.15, 0.2) is 12.3 Å². The molecule has 0 N–H and O–H groups in total. The minimum absolute atomic E-state index is 0.0707. The first-order valence-electron chi connectivity index (χ1n) is 5.53. The van der Waals surface area contributed by atoms with E-state index in [1.165, 1.54) is 0 Å². The molecule has 0 saturated carbocycles. The van der Waals surface area contributed by atoms with E-state index >= 15 is 0 Å². The molecule has 0 unspecified atom stereocenters. The molecule has 1 fully saturated rings. The predicted molar refractivity (Wildman–Crippen MR) is 64.7 cm³/mol. The van der Waals surface area contributed by atoms with Gasteiger partial charge in [0.2, 0.25) is 5.95 Å². The lowest BCUT2D eigenvalue weighted by molar-refractivity contribution is 0.122. The summed E-state index contributed by atoms with van der Waals surface area (Å²) in [6, 6.07) is 1.63. The lowest BCUT2D eigenvalue weighted by atomic mass is 10.4. The number of anilines is 1. The third-order valence-corrected chi connectivity index (χ3v) is 2.96. The van der Waals surface area contributed by atoms with Crippen LogP contribution in [0.2, 0.25) is 0 Å². The molecule has 0 aliphatic carbocycles. The van der Waals surface area contributed by atoms with Crippen LogP contribution in [0.5, 0.6) is 0 Å². The molecule has 8 heteroatoms. The quantitative estimate of drug-likeness (QED) is 0.702. The maximum Gasteiger partial charge on any atom is 0.264 e. The number of hydrogen-bond donors (Lipinski definition) is 0. The highest BCUT2D eigenvalue weighted by atomic mass is 32.2. The molecule has 0 aromatic carbocycles. The van der Waals surface area contributed by atoms with Crippen molar-refractivity contribution >= 4 is 16.1 Å². The maximum absolute atomic E-state index is 10.9. The third kappa shape index (κ3) is 3.90. The molecule has 0 bridgehead atoms. The molecular formula is C10H15N3O4S. The second-order valence-electron chi connectivity index (χ2n) is 3.91. The summed E-state index contributed by atoms with van der Waals surface area (Å²) < 4.78 is 31.7. The molecule has 2 rings (SSSR count). The predicted octanol–water partition coefficient (Wildman–Crippen LogP) is -0.211. The van der Waals surface area contributed by atoms with Crippen LogP contribution < -0.4 is 4.90 Å². The van der Waals surface area contributed by atoms with Gasteiger partial charge in [0.15, 0.2) is 0 Å². The Bertz CT molecular complexity index is 500. The van der Waals surface area contributed by atoms with E-state index < -0.39 is 10.1 Å². The fourth-order valence-electron chi connectivity index (χ4n) is 1.55. The number of hydrogen-bond acceptors (Lipinski definition) is 7. The van der Waals surface area contributed by atoms with Crippen molar-refractivity contribution in [1.29, 1.82) is 0 Å². The molecule has 0 spiro atoms. The van der Waals surface area contributed by atoms with E-state index in [0.717, 1.165) is 19.3 Å². The van der Waals surface area contributed by atoms with E-state index in [9.17, 15) is 8.42 Å². The highest BCUT2D eigenvalue weighted by molar-refractivity contribution is 7.85. The average Bonchev–Trinajstić information content (AvgIpc) is 2.37. The number of rotatable bonds is 4. The van der Waals surface area contributed by atoms with Gasteiger partial charge in [-0.2, -0.15) is 8.42 Å². The highest BCUT2D eigenvalue weighted by Gasteiger charge is 2.14. The fraction of sp³-hybridized carbons (Fsp3) is 0.600. The topological polar surface area (TPSA) is 81.6 Å². The molecule has 7 nitrogen and oxygen atoms in total. The Balaban J connectivity index is 2.04. The lowest BCUT2D eigenvalue weighted by Crippen LogP contribution is -2.37. The Labute approximate surface area is 106 Å². The largest absolute Gasteiger partial charge is 0.378 e. The monoisotopic (exact) mass is 273 g/mol. The van der Waals surface area contributed by atoms with Crippen molar-refractivity contribution in [3.05, 3.63) is 18.0 Å². The molecule has 100 valence electrons. The number of aromatic nitrogens is 2. The molecular weight excluding hydrogens is 258 g/mol. The number of nitrogens with zero attached hydrogens (tertiary/aromatic N) is 3. The Morgan fingerprint density at radius 1 is 1.44 bits per heavy atom. The smallest absolute Gasteiger partial charge is 0.264 e. The molecule has 18 heavy (non-hydrogen) atoms. The van der Waals surface area contributed by atoms with Crippen LogP contribution >= 0.6 is 0 Å². The van der Waals surface area contributed by atoms with Crippen molar-refractivity contribution in [1.82, 2.24) is 9.97 Å². The van der Waals surface area contributed by atoms with Gasteiger partial charge in [0.05, 0.1) is 25.2 Å². The molecule has 1 aliphatic rings. The molecule has 0 atom stereocenters. The van der Waals surface area contributed by atoms with Crippen LogP contribution in [-0.4, -0.2) is 50.9 Å². The van der Waals surface area contributed by atoms with E-state index in [-0.39, 0.29) is 6.61 Å². The number of morpholine rings is 1. The zero-order valence-corrected chi connectivity index (χ0v) is 10.9. The lowest BCUT2D eigenvalue weighted by Gasteiger charge is -2.26. The van der Waals surface area contributed by atoms with Gasteiger partial charge in [-0.15, -0.1) is 0 Å². The fourth-order valence-corrected chi connectivity index (χ4v) is 1.88. The summed E-state index contributed by atoms with van der Waals surface area (Å²) in [5.41, 5.74) is 0.539. The van der Waals surface area contributed by atoms with Crippen LogP contribution in [0.3, 0.4) is 0 Å². The van der Waals surface area contributed by atoms with E-state index in [1.807, 2.05) is 4.90 Å². The summed E-state index contributed by atoms with van der Waals surface area (Å²) in [6.07, 6.45) is 2.61. The van der Waals surface area contributed by atoms with Gasteiger partial charge in [0.1, 0.15) is 6.61 Å². The summed E-state index contributed by atoms with van der Waals surface area (Å²) in [4.78, 5) is 10.4. The number of ether oxygens (including phenoxy) is 1. The third-order valence-electron chi connectivity index (χ3n) is 2.42. The first kappa shape index (κ1) is 13.2. The summed E-state index contributed by atoms with van der Waals surface area (Å²) in [7, 11) is -3.45. The average molecular weight is 273 g/mol. The van der Waals surface area contributed by atoms with Crippen molar-refractivity contribution in [2.75, 3.05) is 37.5 Å². The molecule has 2 heterocycles. The Morgan fingerprint density at radius 3 is 2.83 bits per heavy atom. The normalized spacial score (nSPS) is 16.8. The van der Waals surface area contributed by atoms with Gasteiger partial charge in [-0.05, 0) is 6.07 Å². The van der Waals surface area contributed by atoms with Gasteiger partial charge in [0, 0.05) is 19.3 Å². The maximum atomic E-state index is 10.9. The molecule has 1 aromatic heterocycles. The van der Waals surface area contributed by atoms with Crippen molar-refractivity contribution < 1.29 is 17.3 Å². The van der Waals surface area contributed by atoms with E-state index in [2.05, 4.69) is 9.97 Å². The summed E-state index contributed by atoms with van der Waals surface area (Å²) in [6.45, 7) is 2.69. The zero-order valence-electron chi connectivity index (χ0n) is 10.1. The first-order valence-corrected chi connectivity index (χ1v) is 7.35. The van der Waals surface area contributed by atoms with Gasteiger partial charge >= 0.3 is 0 Å². The summed E-state index contributed by atoms with van der Waals surface area (Å²) >= 11 is 0. The Kier molecular flexibility index (Phi) is 4.10. The van der Waals surface area contributed by atoms with Crippen molar-refractivity contribution in [2.45, 2.75) is 6.61 Å². The van der Waals surface area contributed by atoms with Crippen molar-refractivity contribution in [2.24, 2.45) is 0 Å². The Hall–Kier alpha value is -1.25. The molecule has 0 amide bonds. The zero-order chi connectivity index (χ0) is 13.0. The molecule has 1 aliphatic heterocycles. The van der Waals surface area contributed by atoms with Gasteiger partial charge in [-0.25, -0.2) is 9.97 Å². The van der Waals surface area contributed by atoms with Gasteiger partial charge < -0.3 is 9.64 Å². The minimum atomic E-state index is -3.45. The van der Waals surface area contributed by atoms with Crippen LogP contribution in [0, 0.1) is 0 Å². The van der Waals surface area contributed by atoms with Crippen LogP contribution in [0.25, 0.3) is 0 Å². The first-order chi connectivity index (χ1) is 8.54. The van der Waals surface area contributed by atoms with Crippen LogP contribution in [0.4, 0.5) is 5.95 Å². The van der Waals surface area contributed by atoms with E-state index in [4.69, 9.17) is 8.92 Å². The SMILES string of the molecule is CS(=O)(=O)OCc1ccnc(N2CCOCC2)n1. The van der Waals surface area contributed by atoms with Crippen molar-refractivity contribution in [3.8, 4) is 0 Å². The van der Waals surface area contributed by atoms with Gasteiger partial charge in [0.25, 0.3) is 10.1 Å². The minimum Gasteiger partial charge on any atom is -0.378 e. The summed E-state index contributed by atoms with van der Waals surface area (Å²) in [5.74, 6) is 0.577. The molecule has 1 aromatic rings. The summed E-state index contributed by atoms with van der Waals surface area (Å²) in [5, 5.41) is 0. The van der Waals surface area contributed by atoms with Gasteiger partial charge in [-0.1, -0.05) is 0 Å². The molecule has 1 saturated heterocycles. The van der Waals surface area contributed by atoms with Crippen molar-refractivity contribution in [3.63, 3.8) is 0 Å². The second-order valence-corrected chi connectivity index (χ2v) is 5.56. The van der Waals surface area contributed by atoms with Crippen LogP contribution in [-0.2, 0) is 25.6 Å². The highest BCUT2D eigenvalue weighted by Crippen LogP contribution is 2.10. The Morgan fingerprint density at radius 2 is 2.17 bits per heavy atom. The molecule has 0 radical (unpaired) electrons. The van der Waals surface area contributed by atoms with Gasteiger partial charge in [-0.3, -0.25) is 4.18 Å². The van der Waals surface area contributed by atoms with E-state index in [1.54, 1.807) is 12.3 Å².